The minimum atomic E-state index is 0.952. The second-order valence-electron chi connectivity index (χ2n) is 3.80. The SMILES string of the molecule is Cc1ccncc1CC1CCC1. The molecule has 0 aromatic carbocycles. The van der Waals surface area contributed by atoms with Gasteiger partial charge in [-0.3, -0.25) is 4.98 Å². The molecule has 1 aromatic rings. The van der Waals surface area contributed by atoms with E-state index in [-0.39, 0.29) is 0 Å². The van der Waals surface area contributed by atoms with Gasteiger partial charge >= 0.3 is 0 Å². The highest BCUT2D eigenvalue weighted by atomic mass is 14.6. The number of aryl methyl sites for hydroxylation is 1. The van der Waals surface area contributed by atoms with Gasteiger partial charge in [0.15, 0.2) is 0 Å². The fourth-order valence-electron chi connectivity index (χ4n) is 1.72. The Kier molecular flexibility index (Phi) is 2.11. The van der Waals surface area contributed by atoms with Gasteiger partial charge < -0.3 is 0 Å². The molecule has 12 heavy (non-hydrogen) atoms. The fourth-order valence-corrected chi connectivity index (χ4v) is 1.72. The Bertz CT molecular complexity index is 263. The van der Waals surface area contributed by atoms with Crippen LogP contribution in [0.4, 0.5) is 0 Å². The highest BCUT2D eigenvalue weighted by Crippen LogP contribution is 2.30. The third kappa shape index (κ3) is 1.50. The van der Waals surface area contributed by atoms with Gasteiger partial charge in [0.1, 0.15) is 0 Å². The smallest absolute Gasteiger partial charge is 0.0302 e. The van der Waals surface area contributed by atoms with E-state index in [0.717, 1.165) is 5.92 Å². The van der Waals surface area contributed by atoms with Gasteiger partial charge in [-0.2, -0.15) is 0 Å². The summed E-state index contributed by atoms with van der Waals surface area (Å²) < 4.78 is 0. The number of hydrogen-bond donors (Lipinski definition) is 0. The van der Waals surface area contributed by atoms with Crippen LogP contribution in [-0.2, 0) is 6.42 Å². The molecule has 1 aliphatic carbocycles. The van der Waals surface area contributed by atoms with E-state index in [4.69, 9.17) is 0 Å². The van der Waals surface area contributed by atoms with Crippen molar-refractivity contribution in [1.82, 2.24) is 4.98 Å². The Morgan fingerprint density at radius 2 is 2.33 bits per heavy atom. The zero-order valence-electron chi connectivity index (χ0n) is 7.59. The molecule has 0 bridgehead atoms. The van der Waals surface area contributed by atoms with E-state index in [0.29, 0.717) is 0 Å². The van der Waals surface area contributed by atoms with E-state index < -0.39 is 0 Å². The van der Waals surface area contributed by atoms with E-state index in [1.54, 1.807) is 0 Å². The van der Waals surface area contributed by atoms with Crippen LogP contribution in [0.15, 0.2) is 18.5 Å². The van der Waals surface area contributed by atoms with Crippen LogP contribution in [0.1, 0.15) is 30.4 Å². The number of aromatic nitrogens is 1. The second-order valence-corrected chi connectivity index (χ2v) is 3.80. The molecule has 0 saturated heterocycles. The van der Waals surface area contributed by atoms with Gasteiger partial charge in [0, 0.05) is 12.4 Å². The highest BCUT2D eigenvalue weighted by Gasteiger charge is 2.18. The Balaban J connectivity index is 2.06. The first kappa shape index (κ1) is 7.78. The van der Waals surface area contributed by atoms with Crippen molar-refractivity contribution in [3.8, 4) is 0 Å². The summed E-state index contributed by atoms with van der Waals surface area (Å²) in [4.78, 5) is 4.16. The van der Waals surface area contributed by atoms with Crippen LogP contribution in [0.25, 0.3) is 0 Å². The summed E-state index contributed by atoms with van der Waals surface area (Å²) in [5.41, 5.74) is 2.85. The van der Waals surface area contributed by atoms with Gasteiger partial charge in [0.25, 0.3) is 0 Å². The van der Waals surface area contributed by atoms with Crippen molar-refractivity contribution in [3.63, 3.8) is 0 Å². The van der Waals surface area contributed by atoms with Gasteiger partial charge in [0.2, 0.25) is 0 Å². The van der Waals surface area contributed by atoms with Crippen molar-refractivity contribution >= 4 is 0 Å². The van der Waals surface area contributed by atoms with Crippen molar-refractivity contribution < 1.29 is 0 Å². The molecule has 2 rings (SSSR count). The molecule has 1 aromatic heterocycles. The van der Waals surface area contributed by atoms with Crippen LogP contribution in [0.5, 0.6) is 0 Å². The van der Waals surface area contributed by atoms with E-state index in [9.17, 15) is 0 Å². The minimum absolute atomic E-state index is 0.952. The van der Waals surface area contributed by atoms with E-state index in [1.807, 2.05) is 12.4 Å². The summed E-state index contributed by atoms with van der Waals surface area (Å²) in [5, 5.41) is 0. The molecule has 0 aliphatic heterocycles. The molecule has 1 saturated carbocycles. The van der Waals surface area contributed by atoms with Crippen molar-refractivity contribution in [2.75, 3.05) is 0 Å². The molecule has 0 unspecified atom stereocenters. The number of rotatable bonds is 2. The molecule has 0 N–H and O–H groups in total. The fraction of sp³-hybridized carbons (Fsp3) is 0.545. The first-order chi connectivity index (χ1) is 5.86. The average Bonchev–Trinajstić information content (AvgIpc) is 2.00. The van der Waals surface area contributed by atoms with Gasteiger partial charge in [-0.25, -0.2) is 0 Å². The summed E-state index contributed by atoms with van der Waals surface area (Å²) in [5.74, 6) is 0.952. The first-order valence-electron chi connectivity index (χ1n) is 4.76. The Morgan fingerprint density at radius 1 is 1.50 bits per heavy atom. The molecular weight excluding hydrogens is 146 g/mol. The quantitative estimate of drug-likeness (QED) is 0.650. The summed E-state index contributed by atoms with van der Waals surface area (Å²) in [7, 11) is 0. The summed E-state index contributed by atoms with van der Waals surface area (Å²) in [6, 6.07) is 2.11. The van der Waals surface area contributed by atoms with E-state index in [1.165, 1.54) is 36.8 Å². The van der Waals surface area contributed by atoms with Gasteiger partial charge in [-0.15, -0.1) is 0 Å². The average molecular weight is 161 g/mol. The van der Waals surface area contributed by atoms with Crippen molar-refractivity contribution in [1.29, 1.82) is 0 Å². The van der Waals surface area contributed by atoms with Crippen molar-refractivity contribution in [2.45, 2.75) is 32.6 Å². The molecule has 0 amide bonds. The van der Waals surface area contributed by atoms with Crippen LogP contribution in [0.2, 0.25) is 0 Å². The lowest BCUT2D eigenvalue weighted by molar-refractivity contribution is 0.314. The topological polar surface area (TPSA) is 12.9 Å². The normalized spacial score (nSPS) is 17.4. The molecule has 0 spiro atoms. The summed E-state index contributed by atoms with van der Waals surface area (Å²) in [6.45, 7) is 2.18. The Labute approximate surface area is 73.8 Å². The molecule has 1 nitrogen and oxygen atoms in total. The number of pyridine rings is 1. The Hall–Kier alpha value is -0.850. The van der Waals surface area contributed by atoms with Crippen LogP contribution in [0.3, 0.4) is 0 Å². The maximum atomic E-state index is 4.16. The van der Waals surface area contributed by atoms with Crippen LogP contribution < -0.4 is 0 Å². The standard InChI is InChI=1S/C11H15N/c1-9-5-6-12-8-11(9)7-10-3-2-4-10/h5-6,8,10H,2-4,7H2,1H3. The molecule has 0 atom stereocenters. The summed E-state index contributed by atoms with van der Waals surface area (Å²) >= 11 is 0. The van der Waals surface area contributed by atoms with Crippen LogP contribution >= 0.6 is 0 Å². The third-order valence-corrected chi connectivity index (χ3v) is 2.88. The van der Waals surface area contributed by atoms with Gasteiger partial charge in [-0.1, -0.05) is 19.3 Å². The largest absolute Gasteiger partial charge is 0.264 e. The predicted molar refractivity (Wildman–Crippen MR) is 50.0 cm³/mol. The zero-order valence-corrected chi connectivity index (χ0v) is 7.59. The molecule has 1 fully saturated rings. The lowest BCUT2D eigenvalue weighted by Crippen LogP contribution is -2.14. The van der Waals surface area contributed by atoms with E-state index in [2.05, 4.69) is 18.0 Å². The molecule has 0 radical (unpaired) electrons. The predicted octanol–water partition coefficient (Wildman–Crippen LogP) is 2.73. The maximum Gasteiger partial charge on any atom is 0.0302 e. The molecule has 1 aliphatic rings. The molecule has 1 heteroatoms. The maximum absolute atomic E-state index is 4.16. The second kappa shape index (κ2) is 3.26. The third-order valence-electron chi connectivity index (χ3n) is 2.88. The molecular formula is C11H15N. The van der Waals surface area contributed by atoms with Gasteiger partial charge in [-0.05, 0) is 36.5 Å². The lowest BCUT2D eigenvalue weighted by Gasteiger charge is -2.25. The minimum Gasteiger partial charge on any atom is -0.264 e. The number of nitrogens with zero attached hydrogens (tertiary/aromatic N) is 1. The number of hydrogen-bond acceptors (Lipinski definition) is 1. The van der Waals surface area contributed by atoms with Crippen molar-refractivity contribution in [2.24, 2.45) is 5.92 Å². The van der Waals surface area contributed by atoms with Crippen molar-refractivity contribution in [3.05, 3.63) is 29.6 Å². The van der Waals surface area contributed by atoms with Crippen LogP contribution in [-0.4, -0.2) is 4.98 Å². The Morgan fingerprint density at radius 3 is 2.92 bits per heavy atom. The van der Waals surface area contributed by atoms with Gasteiger partial charge in [0.05, 0.1) is 0 Å². The van der Waals surface area contributed by atoms with Crippen LogP contribution in [0, 0.1) is 12.8 Å². The molecule has 1 heterocycles. The zero-order chi connectivity index (χ0) is 8.39. The monoisotopic (exact) mass is 161 g/mol. The summed E-state index contributed by atoms with van der Waals surface area (Å²) in [6.07, 6.45) is 9.43. The highest BCUT2D eigenvalue weighted by molar-refractivity contribution is 5.22. The first-order valence-corrected chi connectivity index (χ1v) is 4.76. The molecule has 64 valence electrons. The lowest BCUT2D eigenvalue weighted by atomic mass is 9.80. The van der Waals surface area contributed by atoms with E-state index >= 15 is 0 Å².